The van der Waals surface area contributed by atoms with Gasteiger partial charge in [-0.25, -0.2) is 4.79 Å². The first-order valence-corrected chi connectivity index (χ1v) is 14.7. The molecule has 9 heteroatoms. The minimum Gasteiger partial charge on any atom is -0.464 e. The number of aliphatic hydroxyl groups is 1. The number of ether oxygens (including phenoxy) is 2. The minimum absolute atomic E-state index is 0.00676. The Hall–Kier alpha value is -4.60. The number of fused-ring (bicyclic) bond motifs is 2. The van der Waals surface area contributed by atoms with E-state index in [-0.39, 0.29) is 35.9 Å². The number of carbonyl (C=O) groups excluding carboxylic acids is 1. The van der Waals surface area contributed by atoms with Crippen LogP contribution in [0.4, 0.5) is 0 Å². The number of H-pyrrole nitrogens is 1. The Labute approximate surface area is 247 Å². The lowest BCUT2D eigenvalue weighted by Gasteiger charge is -2.35. The Balaban J connectivity index is 1.10. The van der Waals surface area contributed by atoms with Gasteiger partial charge in [-0.15, -0.1) is 0 Å². The van der Waals surface area contributed by atoms with Crippen LogP contribution in [0.25, 0.3) is 22.0 Å². The number of furan rings is 1. The number of imidazole rings is 1. The SMILES string of the molecule is O=C(C1=CC(c2coc3ccccc23)CC(OCc2ccc(CO)cc2)O1)N1CCC(n2c(=O)[nH]c3ccccc32)CC1. The molecular weight excluding hydrogens is 546 g/mol. The predicted molar refractivity (Wildman–Crippen MR) is 161 cm³/mol. The van der Waals surface area contributed by atoms with Gasteiger partial charge < -0.3 is 28.9 Å². The number of benzene rings is 3. The van der Waals surface area contributed by atoms with E-state index in [9.17, 15) is 14.7 Å². The lowest BCUT2D eigenvalue weighted by atomic mass is 9.92. The minimum atomic E-state index is -0.637. The van der Waals surface area contributed by atoms with Crippen LogP contribution in [0, 0.1) is 0 Å². The summed E-state index contributed by atoms with van der Waals surface area (Å²) in [6.07, 6.45) is 4.88. The fourth-order valence-electron chi connectivity index (χ4n) is 6.26. The molecule has 1 saturated heterocycles. The number of para-hydroxylation sites is 3. The van der Waals surface area contributed by atoms with Gasteiger partial charge in [-0.3, -0.25) is 9.36 Å². The van der Waals surface area contributed by atoms with E-state index in [0.717, 1.165) is 38.7 Å². The van der Waals surface area contributed by atoms with Crippen molar-refractivity contribution in [2.75, 3.05) is 13.1 Å². The number of amides is 1. The summed E-state index contributed by atoms with van der Waals surface area (Å²) in [5, 5.41) is 10.3. The number of aromatic amines is 1. The highest BCUT2D eigenvalue weighted by Crippen LogP contribution is 2.37. The van der Waals surface area contributed by atoms with Crippen LogP contribution in [0.1, 0.15) is 47.9 Å². The molecule has 0 aliphatic carbocycles. The van der Waals surface area contributed by atoms with Crippen molar-refractivity contribution in [2.24, 2.45) is 0 Å². The summed E-state index contributed by atoms with van der Waals surface area (Å²) in [5.41, 5.74) is 5.15. The maximum atomic E-state index is 13.8. The van der Waals surface area contributed by atoms with E-state index in [0.29, 0.717) is 39.0 Å². The molecule has 2 aliphatic heterocycles. The summed E-state index contributed by atoms with van der Waals surface area (Å²) in [7, 11) is 0. The normalized spacial score (nSPS) is 19.5. The van der Waals surface area contributed by atoms with Gasteiger partial charge in [-0.1, -0.05) is 54.6 Å². The van der Waals surface area contributed by atoms with Crippen molar-refractivity contribution in [2.45, 2.75) is 50.7 Å². The highest BCUT2D eigenvalue weighted by molar-refractivity contribution is 5.92. The van der Waals surface area contributed by atoms with Crippen LogP contribution in [0.2, 0.25) is 0 Å². The van der Waals surface area contributed by atoms with E-state index in [1.807, 2.05) is 88.3 Å². The van der Waals surface area contributed by atoms with E-state index < -0.39 is 6.29 Å². The molecule has 2 aliphatic rings. The molecule has 2 atom stereocenters. The number of aromatic nitrogens is 2. The summed E-state index contributed by atoms with van der Waals surface area (Å²) in [5.74, 6) is -0.0477. The fraction of sp³-hybridized carbons (Fsp3) is 0.294. The highest BCUT2D eigenvalue weighted by atomic mass is 16.7. The second-order valence-electron chi connectivity index (χ2n) is 11.2. The van der Waals surface area contributed by atoms with Gasteiger partial charge in [0.15, 0.2) is 5.76 Å². The number of nitrogens with zero attached hydrogens (tertiary/aromatic N) is 2. The summed E-state index contributed by atoms with van der Waals surface area (Å²) in [4.78, 5) is 31.3. The van der Waals surface area contributed by atoms with Crippen molar-refractivity contribution in [3.8, 4) is 0 Å². The van der Waals surface area contributed by atoms with Gasteiger partial charge in [0.1, 0.15) is 5.58 Å². The van der Waals surface area contributed by atoms with E-state index in [4.69, 9.17) is 13.9 Å². The molecule has 3 aromatic carbocycles. The first-order valence-electron chi connectivity index (χ1n) is 14.7. The van der Waals surface area contributed by atoms with Gasteiger partial charge in [0.25, 0.3) is 5.91 Å². The number of aliphatic hydroxyl groups excluding tert-OH is 1. The van der Waals surface area contributed by atoms with Crippen molar-refractivity contribution in [3.05, 3.63) is 118 Å². The molecule has 0 bridgehead atoms. The van der Waals surface area contributed by atoms with Crippen LogP contribution >= 0.6 is 0 Å². The average Bonchev–Trinajstić information content (AvgIpc) is 3.64. The topological polar surface area (TPSA) is 110 Å². The van der Waals surface area contributed by atoms with E-state index in [1.54, 1.807) is 6.26 Å². The van der Waals surface area contributed by atoms with Gasteiger partial charge in [0, 0.05) is 42.4 Å². The standard InChI is InChI=1S/C34H33N3O6/c38-19-22-9-11-23(12-10-22)20-42-32-18-24(27-21-41-30-8-4-1-5-26(27)30)17-31(43-32)33(39)36-15-13-25(14-16-36)37-29-7-3-2-6-28(29)35-34(37)40/h1-12,17,21,24-25,32,38H,13-16,18-20H2,(H,35,40). The Morgan fingerprint density at radius 1 is 0.977 bits per heavy atom. The zero-order valence-electron chi connectivity index (χ0n) is 23.6. The molecule has 1 amide bonds. The first kappa shape index (κ1) is 27.2. The van der Waals surface area contributed by atoms with Crippen molar-refractivity contribution in [3.63, 3.8) is 0 Å². The zero-order valence-corrected chi connectivity index (χ0v) is 23.6. The smallest absolute Gasteiger partial charge is 0.326 e. The molecular formula is C34H33N3O6. The van der Waals surface area contributed by atoms with Crippen LogP contribution in [0.3, 0.4) is 0 Å². The highest BCUT2D eigenvalue weighted by Gasteiger charge is 2.34. The molecule has 0 spiro atoms. The van der Waals surface area contributed by atoms with E-state index in [1.165, 1.54) is 0 Å². The molecule has 4 heterocycles. The van der Waals surface area contributed by atoms with Crippen molar-refractivity contribution >= 4 is 27.9 Å². The van der Waals surface area contributed by atoms with Crippen molar-refractivity contribution in [1.82, 2.24) is 14.5 Å². The third-order valence-corrected chi connectivity index (χ3v) is 8.56. The second-order valence-corrected chi connectivity index (χ2v) is 11.2. The maximum Gasteiger partial charge on any atom is 0.326 e. The molecule has 1 fully saturated rings. The Morgan fingerprint density at radius 3 is 2.53 bits per heavy atom. The molecule has 7 rings (SSSR count). The van der Waals surface area contributed by atoms with Gasteiger partial charge in [-0.2, -0.15) is 0 Å². The second kappa shape index (κ2) is 11.6. The third kappa shape index (κ3) is 5.37. The van der Waals surface area contributed by atoms with Gasteiger partial charge in [-0.05, 0) is 48.2 Å². The molecule has 2 aromatic heterocycles. The van der Waals surface area contributed by atoms with Crippen molar-refractivity contribution < 1.29 is 23.8 Å². The van der Waals surface area contributed by atoms with Crippen LogP contribution in [-0.2, 0) is 27.5 Å². The summed E-state index contributed by atoms with van der Waals surface area (Å²) < 4.78 is 20.1. The quantitative estimate of drug-likeness (QED) is 0.269. The average molecular weight is 580 g/mol. The molecule has 0 radical (unpaired) electrons. The maximum absolute atomic E-state index is 13.8. The number of piperidine rings is 1. The molecule has 2 N–H and O–H groups in total. The van der Waals surface area contributed by atoms with Crippen LogP contribution in [0.5, 0.6) is 0 Å². The van der Waals surface area contributed by atoms with E-state index in [2.05, 4.69) is 4.98 Å². The number of carbonyl (C=O) groups is 1. The Kier molecular flexibility index (Phi) is 7.34. The molecule has 5 aromatic rings. The summed E-state index contributed by atoms with van der Waals surface area (Å²) in [6.45, 7) is 1.32. The van der Waals surface area contributed by atoms with Crippen LogP contribution in [-0.4, -0.2) is 44.8 Å². The number of hydrogen-bond acceptors (Lipinski definition) is 6. The zero-order chi connectivity index (χ0) is 29.3. The number of rotatable bonds is 7. The van der Waals surface area contributed by atoms with Gasteiger partial charge in [0.05, 0.1) is 30.5 Å². The fourth-order valence-corrected chi connectivity index (χ4v) is 6.26. The molecule has 0 saturated carbocycles. The first-order chi connectivity index (χ1) is 21.1. The number of hydrogen-bond donors (Lipinski definition) is 2. The summed E-state index contributed by atoms with van der Waals surface area (Å²) in [6, 6.07) is 23.1. The lowest BCUT2D eigenvalue weighted by molar-refractivity contribution is -0.156. The molecule has 220 valence electrons. The third-order valence-electron chi connectivity index (χ3n) is 8.56. The van der Waals surface area contributed by atoms with Crippen LogP contribution < -0.4 is 5.69 Å². The Morgan fingerprint density at radius 2 is 1.72 bits per heavy atom. The monoisotopic (exact) mass is 579 g/mol. The van der Waals surface area contributed by atoms with Gasteiger partial charge in [0.2, 0.25) is 6.29 Å². The molecule has 43 heavy (non-hydrogen) atoms. The molecule has 2 unspecified atom stereocenters. The predicted octanol–water partition coefficient (Wildman–Crippen LogP) is 5.36. The lowest BCUT2D eigenvalue weighted by Crippen LogP contribution is -2.42. The number of allylic oxidation sites excluding steroid dienone is 1. The Bertz CT molecular complexity index is 1840. The largest absolute Gasteiger partial charge is 0.464 e. The number of nitrogens with one attached hydrogen (secondary N) is 1. The van der Waals surface area contributed by atoms with E-state index >= 15 is 0 Å². The van der Waals surface area contributed by atoms with Crippen LogP contribution in [0.15, 0.2) is 100 Å². The number of likely N-dealkylation sites (tertiary alicyclic amines) is 1. The van der Waals surface area contributed by atoms with Gasteiger partial charge >= 0.3 is 5.69 Å². The summed E-state index contributed by atoms with van der Waals surface area (Å²) >= 11 is 0. The van der Waals surface area contributed by atoms with Crippen molar-refractivity contribution in [1.29, 1.82) is 0 Å². The molecule has 9 nitrogen and oxygen atoms in total.